The smallest absolute Gasteiger partial charge is 0.326 e. The maximum atomic E-state index is 12.6. The molecule has 3 unspecified atom stereocenters. The Hall–Kier alpha value is -2.95. The predicted octanol–water partition coefficient (Wildman–Crippen LogP) is -1.87. The summed E-state index contributed by atoms with van der Waals surface area (Å²) in [5.41, 5.74) is 5.73. The fraction of sp³-hybridized carbons (Fsp3) is 0.562. The highest BCUT2D eigenvalue weighted by molar-refractivity contribution is 5.92. The zero-order valence-corrected chi connectivity index (χ0v) is 15.3. The SMILES string of the molecule is CCC(C)C(NC(=O)C(Cc1cnc[nH]1)NC(=O)CNC(=O)CN)C(=O)O. The molecule has 3 atom stereocenters. The molecule has 0 spiro atoms. The molecule has 150 valence electrons. The molecule has 0 aliphatic rings. The molecular formula is C16H26N6O5. The second-order valence-electron chi connectivity index (χ2n) is 6.09. The van der Waals surface area contributed by atoms with Crippen LogP contribution in [-0.4, -0.2) is 63.9 Å². The first-order chi connectivity index (χ1) is 12.8. The van der Waals surface area contributed by atoms with Gasteiger partial charge in [0.05, 0.1) is 19.4 Å². The molecule has 1 aromatic heterocycles. The summed E-state index contributed by atoms with van der Waals surface area (Å²) in [6.07, 6.45) is 3.55. The molecule has 11 nitrogen and oxygen atoms in total. The summed E-state index contributed by atoms with van der Waals surface area (Å²) >= 11 is 0. The first kappa shape index (κ1) is 22.1. The third-order valence-electron chi connectivity index (χ3n) is 4.04. The Morgan fingerprint density at radius 1 is 1.26 bits per heavy atom. The van der Waals surface area contributed by atoms with Crippen LogP contribution < -0.4 is 21.7 Å². The molecule has 27 heavy (non-hydrogen) atoms. The zero-order chi connectivity index (χ0) is 20.4. The van der Waals surface area contributed by atoms with Crippen molar-refractivity contribution in [3.63, 3.8) is 0 Å². The molecule has 0 aliphatic carbocycles. The molecule has 0 bridgehead atoms. The van der Waals surface area contributed by atoms with Crippen molar-refractivity contribution in [3.05, 3.63) is 18.2 Å². The van der Waals surface area contributed by atoms with Gasteiger partial charge in [-0.25, -0.2) is 9.78 Å². The Balaban J connectivity index is 2.83. The standard InChI is InChI=1S/C16H26N6O5/c1-3-9(2)14(16(26)27)22-15(25)11(4-10-6-18-8-20-10)21-13(24)7-19-12(23)5-17/h6,8-9,11,14H,3-5,7,17H2,1-2H3,(H,18,20)(H,19,23)(H,21,24)(H,22,25)(H,26,27). The second-order valence-corrected chi connectivity index (χ2v) is 6.09. The van der Waals surface area contributed by atoms with Crippen molar-refractivity contribution < 1.29 is 24.3 Å². The molecule has 7 N–H and O–H groups in total. The van der Waals surface area contributed by atoms with Crippen molar-refractivity contribution in [3.8, 4) is 0 Å². The van der Waals surface area contributed by atoms with Gasteiger partial charge in [0.1, 0.15) is 12.1 Å². The maximum absolute atomic E-state index is 12.6. The van der Waals surface area contributed by atoms with E-state index >= 15 is 0 Å². The zero-order valence-electron chi connectivity index (χ0n) is 15.3. The molecule has 1 aromatic rings. The minimum absolute atomic E-state index is 0.0786. The molecular weight excluding hydrogens is 356 g/mol. The van der Waals surface area contributed by atoms with Crippen LogP contribution in [0, 0.1) is 5.92 Å². The van der Waals surface area contributed by atoms with Crippen molar-refractivity contribution in [1.29, 1.82) is 0 Å². The van der Waals surface area contributed by atoms with E-state index in [1.165, 1.54) is 12.5 Å². The lowest BCUT2D eigenvalue weighted by atomic mass is 9.98. The average Bonchev–Trinajstić information content (AvgIpc) is 3.15. The van der Waals surface area contributed by atoms with Gasteiger partial charge < -0.3 is 31.8 Å². The van der Waals surface area contributed by atoms with E-state index < -0.39 is 35.8 Å². The lowest BCUT2D eigenvalue weighted by Gasteiger charge is -2.24. The summed E-state index contributed by atoms with van der Waals surface area (Å²) < 4.78 is 0. The number of carboxylic acid groups (broad SMARTS) is 1. The van der Waals surface area contributed by atoms with Gasteiger partial charge >= 0.3 is 5.97 Å². The van der Waals surface area contributed by atoms with Gasteiger partial charge in [0, 0.05) is 18.3 Å². The summed E-state index contributed by atoms with van der Waals surface area (Å²) in [6, 6.07) is -2.13. The number of rotatable bonds is 11. The number of amides is 3. The predicted molar refractivity (Wildman–Crippen MR) is 95.3 cm³/mol. The van der Waals surface area contributed by atoms with Crippen molar-refractivity contribution in [2.75, 3.05) is 13.1 Å². The number of aromatic amines is 1. The largest absolute Gasteiger partial charge is 0.480 e. The highest BCUT2D eigenvalue weighted by atomic mass is 16.4. The highest BCUT2D eigenvalue weighted by Gasteiger charge is 2.29. The Kier molecular flexibility index (Phi) is 8.93. The summed E-state index contributed by atoms with van der Waals surface area (Å²) in [5, 5.41) is 16.6. The van der Waals surface area contributed by atoms with E-state index in [2.05, 4.69) is 25.9 Å². The average molecular weight is 382 g/mol. The summed E-state index contributed by atoms with van der Waals surface area (Å²) in [5.74, 6) is -3.21. The molecule has 0 radical (unpaired) electrons. The van der Waals surface area contributed by atoms with E-state index in [0.29, 0.717) is 12.1 Å². The van der Waals surface area contributed by atoms with E-state index in [1.54, 1.807) is 6.92 Å². The van der Waals surface area contributed by atoms with E-state index in [0.717, 1.165) is 0 Å². The fourth-order valence-electron chi connectivity index (χ4n) is 2.26. The number of carboxylic acids is 1. The van der Waals surface area contributed by atoms with Crippen LogP contribution in [0.3, 0.4) is 0 Å². The lowest BCUT2D eigenvalue weighted by molar-refractivity contribution is -0.143. The normalized spacial score (nSPS) is 13.9. The third-order valence-corrected chi connectivity index (χ3v) is 4.04. The molecule has 0 fully saturated rings. The van der Waals surface area contributed by atoms with Crippen LogP contribution in [0.2, 0.25) is 0 Å². The Bertz CT molecular complexity index is 648. The number of nitrogens with two attached hydrogens (primary N) is 1. The van der Waals surface area contributed by atoms with Gasteiger partial charge in [0.25, 0.3) is 0 Å². The number of carbonyl (C=O) groups is 4. The van der Waals surface area contributed by atoms with E-state index in [9.17, 15) is 24.3 Å². The Labute approximate surface area is 156 Å². The summed E-state index contributed by atoms with van der Waals surface area (Å²) in [4.78, 5) is 53.9. The van der Waals surface area contributed by atoms with Crippen LogP contribution >= 0.6 is 0 Å². The summed E-state index contributed by atoms with van der Waals surface area (Å²) in [7, 11) is 0. The van der Waals surface area contributed by atoms with Crippen LogP contribution in [0.15, 0.2) is 12.5 Å². The number of hydrogen-bond donors (Lipinski definition) is 6. The third kappa shape index (κ3) is 7.44. The fourth-order valence-corrected chi connectivity index (χ4v) is 2.26. The number of aromatic nitrogens is 2. The van der Waals surface area contributed by atoms with Gasteiger partial charge in [-0.1, -0.05) is 20.3 Å². The molecule has 3 amide bonds. The summed E-state index contributed by atoms with van der Waals surface area (Å²) in [6.45, 7) is 2.91. The number of H-pyrrole nitrogens is 1. The van der Waals surface area contributed by atoms with Gasteiger partial charge in [-0.15, -0.1) is 0 Å². The topological polar surface area (TPSA) is 179 Å². The molecule has 1 rings (SSSR count). The molecule has 0 aliphatic heterocycles. The van der Waals surface area contributed by atoms with Crippen LogP contribution in [0.1, 0.15) is 26.0 Å². The quantitative estimate of drug-likeness (QED) is 0.259. The van der Waals surface area contributed by atoms with Gasteiger partial charge in [0.15, 0.2) is 0 Å². The molecule has 1 heterocycles. The first-order valence-corrected chi connectivity index (χ1v) is 8.55. The van der Waals surface area contributed by atoms with Gasteiger partial charge in [-0.3, -0.25) is 14.4 Å². The van der Waals surface area contributed by atoms with Gasteiger partial charge in [-0.05, 0) is 5.92 Å². The van der Waals surface area contributed by atoms with Gasteiger partial charge in [0.2, 0.25) is 17.7 Å². The molecule has 0 saturated carbocycles. The number of carbonyl (C=O) groups excluding carboxylic acids is 3. The van der Waals surface area contributed by atoms with Gasteiger partial charge in [-0.2, -0.15) is 0 Å². The van der Waals surface area contributed by atoms with Crippen LogP contribution in [-0.2, 0) is 25.6 Å². The number of aliphatic carboxylic acids is 1. The van der Waals surface area contributed by atoms with Crippen molar-refractivity contribution in [2.45, 2.75) is 38.8 Å². The van der Waals surface area contributed by atoms with E-state index in [4.69, 9.17) is 5.73 Å². The van der Waals surface area contributed by atoms with Crippen molar-refractivity contribution >= 4 is 23.7 Å². The maximum Gasteiger partial charge on any atom is 0.326 e. The number of imidazole rings is 1. The first-order valence-electron chi connectivity index (χ1n) is 8.55. The Morgan fingerprint density at radius 2 is 1.96 bits per heavy atom. The number of hydrogen-bond acceptors (Lipinski definition) is 6. The van der Waals surface area contributed by atoms with Crippen molar-refractivity contribution in [1.82, 2.24) is 25.9 Å². The van der Waals surface area contributed by atoms with E-state index in [1.807, 2.05) is 6.92 Å². The highest BCUT2D eigenvalue weighted by Crippen LogP contribution is 2.09. The number of nitrogens with zero attached hydrogens (tertiary/aromatic N) is 1. The molecule has 11 heteroatoms. The minimum Gasteiger partial charge on any atom is -0.480 e. The monoisotopic (exact) mass is 382 g/mol. The lowest BCUT2D eigenvalue weighted by Crippen LogP contribution is -2.55. The van der Waals surface area contributed by atoms with Crippen molar-refractivity contribution in [2.24, 2.45) is 11.7 Å². The minimum atomic E-state index is -1.15. The van der Waals surface area contributed by atoms with E-state index in [-0.39, 0.29) is 25.4 Å². The molecule has 0 saturated heterocycles. The Morgan fingerprint density at radius 3 is 2.48 bits per heavy atom. The van der Waals surface area contributed by atoms with Crippen LogP contribution in [0.25, 0.3) is 0 Å². The molecule has 0 aromatic carbocycles. The number of nitrogens with one attached hydrogen (secondary N) is 4. The van der Waals surface area contributed by atoms with Crippen LogP contribution in [0.5, 0.6) is 0 Å². The van der Waals surface area contributed by atoms with Crippen LogP contribution in [0.4, 0.5) is 0 Å². The second kappa shape index (κ2) is 10.9.